The Morgan fingerprint density at radius 1 is 0.921 bits per heavy atom. The van der Waals surface area contributed by atoms with Crippen LogP contribution < -0.4 is 20.9 Å². The topological polar surface area (TPSA) is 98.1 Å². The number of anilines is 2. The fourth-order valence-electron chi connectivity index (χ4n) is 3.71. The zero-order valence-electron chi connectivity index (χ0n) is 20.0. The molecule has 0 bridgehead atoms. The number of benzene rings is 3. The Morgan fingerprint density at radius 3 is 2.50 bits per heavy atom. The highest BCUT2D eigenvalue weighted by Gasteiger charge is 2.16. The number of hydrogen-bond donors (Lipinski definition) is 2. The van der Waals surface area contributed by atoms with Crippen LogP contribution in [0, 0.1) is 0 Å². The van der Waals surface area contributed by atoms with Gasteiger partial charge in [0.2, 0.25) is 0 Å². The maximum Gasteiger partial charge on any atom is 0.299 e. The number of pyridine rings is 1. The van der Waals surface area contributed by atoms with Gasteiger partial charge in [-0.2, -0.15) is 9.78 Å². The van der Waals surface area contributed by atoms with E-state index in [1.54, 1.807) is 73.1 Å². The molecule has 3 aromatic carbocycles. The molecule has 188 valence electrons. The van der Waals surface area contributed by atoms with Crippen LogP contribution in [0.15, 0.2) is 114 Å². The second kappa shape index (κ2) is 11.4. The molecule has 0 aliphatic rings. The Balaban J connectivity index is 1.46. The van der Waals surface area contributed by atoms with Crippen molar-refractivity contribution in [1.29, 1.82) is 0 Å². The molecular formula is C29H22ClN5O3. The van der Waals surface area contributed by atoms with E-state index in [0.717, 1.165) is 5.56 Å². The molecule has 0 atom stereocenters. The molecule has 0 aliphatic heterocycles. The molecule has 2 aromatic heterocycles. The molecule has 38 heavy (non-hydrogen) atoms. The van der Waals surface area contributed by atoms with Crippen LogP contribution in [0.3, 0.4) is 0 Å². The molecule has 1 amide bonds. The van der Waals surface area contributed by atoms with Crippen molar-refractivity contribution in [2.45, 2.75) is 6.54 Å². The molecule has 0 radical (unpaired) electrons. The number of halogens is 1. The highest BCUT2D eigenvalue weighted by molar-refractivity contribution is 6.30. The second-order valence-electron chi connectivity index (χ2n) is 8.24. The Bertz CT molecular complexity index is 1620. The van der Waals surface area contributed by atoms with Crippen LogP contribution in [-0.2, 0) is 6.54 Å². The van der Waals surface area contributed by atoms with Crippen LogP contribution in [0.2, 0.25) is 5.02 Å². The van der Waals surface area contributed by atoms with Crippen LogP contribution in [-0.4, -0.2) is 20.7 Å². The number of ether oxygens (including phenoxy) is 1. The van der Waals surface area contributed by atoms with E-state index in [-0.39, 0.29) is 17.3 Å². The van der Waals surface area contributed by atoms with Gasteiger partial charge >= 0.3 is 0 Å². The van der Waals surface area contributed by atoms with Gasteiger partial charge in [-0.1, -0.05) is 41.9 Å². The smallest absolute Gasteiger partial charge is 0.299 e. The van der Waals surface area contributed by atoms with E-state index < -0.39 is 5.56 Å². The highest BCUT2D eigenvalue weighted by atomic mass is 35.5. The summed E-state index contributed by atoms with van der Waals surface area (Å²) >= 11 is 6.11. The van der Waals surface area contributed by atoms with Gasteiger partial charge in [0.1, 0.15) is 5.75 Å². The molecular weight excluding hydrogens is 502 g/mol. The quantitative estimate of drug-likeness (QED) is 0.269. The van der Waals surface area contributed by atoms with Crippen LogP contribution in [0.1, 0.15) is 15.9 Å². The van der Waals surface area contributed by atoms with Crippen molar-refractivity contribution < 1.29 is 9.53 Å². The van der Waals surface area contributed by atoms with Crippen molar-refractivity contribution >= 4 is 28.9 Å². The van der Waals surface area contributed by atoms with Gasteiger partial charge in [-0.15, -0.1) is 0 Å². The summed E-state index contributed by atoms with van der Waals surface area (Å²) in [5, 5.41) is 10.8. The van der Waals surface area contributed by atoms with Gasteiger partial charge in [-0.3, -0.25) is 14.6 Å². The molecule has 9 heteroatoms. The maximum atomic E-state index is 13.6. The third-order valence-corrected chi connectivity index (χ3v) is 5.80. The highest BCUT2D eigenvalue weighted by Crippen LogP contribution is 2.30. The Morgan fingerprint density at radius 2 is 1.71 bits per heavy atom. The van der Waals surface area contributed by atoms with Crippen molar-refractivity contribution in [2.75, 3.05) is 5.32 Å². The lowest BCUT2D eigenvalue weighted by Gasteiger charge is -2.15. The van der Waals surface area contributed by atoms with E-state index in [1.807, 2.05) is 30.3 Å². The number of aromatic nitrogens is 3. The second-order valence-corrected chi connectivity index (χ2v) is 8.68. The van der Waals surface area contributed by atoms with Crippen LogP contribution in [0.4, 0.5) is 11.4 Å². The fraction of sp³-hybridized carbons (Fsp3) is 0.0345. The molecule has 5 rings (SSSR count). The fourth-order valence-corrected chi connectivity index (χ4v) is 3.89. The van der Waals surface area contributed by atoms with Gasteiger partial charge < -0.3 is 15.4 Å². The molecule has 0 unspecified atom stereocenters. The number of amides is 1. The first-order chi connectivity index (χ1) is 18.6. The molecule has 2 N–H and O–H groups in total. The van der Waals surface area contributed by atoms with E-state index in [1.165, 1.54) is 10.9 Å². The van der Waals surface area contributed by atoms with Gasteiger partial charge in [0.25, 0.3) is 11.5 Å². The summed E-state index contributed by atoms with van der Waals surface area (Å²) in [6, 6.07) is 26.4. The van der Waals surface area contributed by atoms with Crippen molar-refractivity contribution in [3.8, 4) is 17.2 Å². The number of hydrogen-bond acceptors (Lipinski definition) is 6. The summed E-state index contributed by atoms with van der Waals surface area (Å²) in [5.41, 5.74) is 2.21. The minimum atomic E-state index is -0.428. The first kappa shape index (κ1) is 24.7. The lowest BCUT2D eigenvalue weighted by molar-refractivity contribution is 0.0951. The summed E-state index contributed by atoms with van der Waals surface area (Å²) in [6.45, 7) is 0.364. The largest absolute Gasteiger partial charge is 0.453 e. The first-order valence-electron chi connectivity index (χ1n) is 11.7. The summed E-state index contributed by atoms with van der Waals surface area (Å²) in [4.78, 5) is 30.4. The zero-order chi connectivity index (χ0) is 26.3. The van der Waals surface area contributed by atoms with E-state index in [0.29, 0.717) is 34.3 Å². The number of rotatable bonds is 8. The van der Waals surface area contributed by atoms with E-state index in [9.17, 15) is 9.59 Å². The summed E-state index contributed by atoms with van der Waals surface area (Å²) in [7, 11) is 0. The van der Waals surface area contributed by atoms with Crippen molar-refractivity contribution in [1.82, 2.24) is 20.1 Å². The third kappa shape index (κ3) is 5.88. The maximum absolute atomic E-state index is 13.6. The summed E-state index contributed by atoms with van der Waals surface area (Å²) in [5.74, 6) is 0.401. The number of carbonyl (C=O) groups excluding carboxylic acids is 1. The lowest BCUT2D eigenvalue weighted by atomic mass is 10.1. The van der Waals surface area contributed by atoms with Crippen molar-refractivity contribution in [2.24, 2.45) is 0 Å². The average molecular weight is 524 g/mol. The standard InChI is InChI=1S/C29H22ClN5O3/c30-22-7-5-11-25(17-22)38-26-19-33-35(24-9-2-1-3-10-24)29(37)27(26)34-23-8-4-6-21(16-23)28(36)32-18-20-12-14-31-15-13-20/h1-17,19,34H,18H2,(H,32,36). The number of para-hydroxylation sites is 1. The van der Waals surface area contributed by atoms with E-state index in [2.05, 4.69) is 20.7 Å². The SMILES string of the molecule is O=C(NCc1ccncc1)c1cccc(Nc2c(Oc3cccc(Cl)c3)cnn(-c3ccccc3)c2=O)c1. The molecule has 0 saturated heterocycles. The Kier molecular flexibility index (Phi) is 7.42. The monoisotopic (exact) mass is 523 g/mol. The predicted octanol–water partition coefficient (Wildman–Crippen LogP) is 5.75. The molecule has 0 saturated carbocycles. The number of nitrogens with zero attached hydrogens (tertiary/aromatic N) is 3. The average Bonchev–Trinajstić information content (AvgIpc) is 2.95. The molecule has 2 heterocycles. The molecule has 0 fully saturated rings. The Labute approximate surface area is 223 Å². The van der Waals surface area contributed by atoms with Gasteiger partial charge in [0.05, 0.1) is 11.9 Å². The molecule has 5 aromatic rings. The van der Waals surface area contributed by atoms with Gasteiger partial charge in [0.15, 0.2) is 11.4 Å². The van der Waals surface area contributed by atoms with Crippen LogP contribution in [0.5, 0.6) is 11.5 Å². The first-order valence-corrected chi connectivity index (χ1v) is 12.1. The van der Waals surface area contributed by atoms with Gasteiger partial charge in [-0.05, 0) is 66.2 Å². The minimum Gasteiger partial charge on any atom is -0.453 e. The molecule has 0 spiro atoms. The number of nitrogens with one attached hydrogen (secondary N) is 2. The predicted molar refractivity (Wildman–Crippen MR) is 146 cm³/mol. The van der Waals surface area contributed by atoms with E-state index >= 15 is 0 Å². The summed E-state index contributed by atoms with van der Waals surface area (Å²) in [6.07, 6.45) is 4.81. The van der Waals surface area contributed by atoms with Crippen molar-refractivity contribution in [3.63, 3.8) is 0 Å². The Hall–Kier alpha value is -4.95. The van der Waals surface area contributed by atoms with Gasteiger partial charge in [0, 0.05) is 35.2 Å². The van der Waals surface area contributed by atoms with Crippen LogP contribution >= 0.6 is 11.6 Å². The third-order valence-electron chi connectivity index (χ3n) is 5.56. The van der Waals surface area contributed by atoms with Crippen LogP contribution in [0.25, 0.3) is 5.69 Å². The molecule has 8 nitrogen and oxygen atoms in total. The van der Waals surface area contributed by atoms with Gasteiger partial charge in [-0.25, -0.2) is 0 Å². The summed E-state index contributed by atoms with van der Waals surface area (Å²) < 4.78 is 7.27. The van der Waals surface area contributed by atoms with E-state index in [4.69, 9.17) is 16.3 Å². The lowest BCUT2D eigenvalue weighted by Crippen LogP contribution is -2.24. The molecule has 0 aliphatic carbocycles. The number of carbonyl (C=O) groups is 1. The normalized spacial score (nSPS) is 10.6. The minimum absolute atomic E-state index is 0.151. The zero-order valence-corrected chi connectivity index (χ0v) is 20.8. The van der Waals surface area contributed by atoms with Crippen molar-refractivity contribution in [3.05, 3.63) is 136 Å².